The zero-order valence-corrected chi connectivity index (χ0v) is 6.33. The Bertz CT molecular complexity index is 9.65. The second kappa shape index (κ2) is 36.9. The van der Waals surface area contributed by atoms with Crippen molar-refractivity contribution >= 4 is 0 Å². The molecule has 0 saturated heterocycles. The zero-order valence-electron chi connectivity index (χ0n) is 3.91. The molecule has 0 aliphatic carbocycles. The Morgan fingerprint density at radius 3 is 0.800 bits per heavy atom. The van der Waals surface area contributed by atoms with Crippen LogP contribution in [0.5, 0.6) is 0 Å². The average molecular weight is 243 g/mol. The van der Waals surface area contributed by atoms with Crippen molar-refractivity contribution in [1.29, 1.82) is 0 Å². The van der Waals surface area contributed by atoms with Crippen LogP contribution in [0.4, 0.5) is 0 Å². The van der Waals surface area contributed by atoms with E-state index in [1.165, 1.54) is 0 Å². The van der Waals surface area contributed by atoms with Crippen molar-refractivity contribution in [2.45, 2.75) is 0 Å². The molecule has 0 aliphatic rings. The van der Waals surface area contributed by atoms with Gasteiger partial charge in [0.1, 0.15) is 0 Å². The maximum atomic E-state index is 0. The van der Waals surface area contributed by atoms with Crippen LogP contribution in [-0.4, -0.2) is 5.48 Å². The molecule has 0 amide bonds. The number of hydrogen-bond acceptors (Lipinski definition) is 0. The van der Waals surface area contributed by atoms with Gasteiger partial charge in [-0.3, -0.25) is 0 Å². The summed E-state index contributed by atoms with van der Waals surface area (Å²) in [5.41, 5.74) is 0. The predicted octanol–water partition coefficient (Wildman–Crippen LogP) is -0.610. The summed E-state index contributed by atoms with van der Waals surface area (Å²) in [6, 6.07) is 0. The Hall–Kier alpha value is 2.04. The van der Waals surface area contributed by atoms with E-state index < -0.39 is 0 Å². The predicted molar refractivity (Wildman–Crippen MR) is 5.84 cm³/mol. The van der Waals surface area contributed by atoms with Crippen LogP contribution in [0, 0.1) is 0 Å². The van der Waals surface area contributed by atoms with E-state index in [9.17, 15) is 0 Å². The molecule has 0 heterocycles. The molecule has 0 saturated carbocycles. The molecule has 5 heavy (non-hydrogen) atoms. The molecule has 0 aromatic rings. The molecule has 0 aliphatic heterocycles. The smallest absolute Gasteiger partial charge is 0.412 e. The van der Waals surface area contributed by atoms with E-state index >= 15 is 0 Å². The number of hydrogen-bond donors (Lipinski definition) is 0. The van der Waals surface area contributed by atoms with Gasteiger partial charge < -0.3 is 5.48 Å². The van der Waals surface area contributed by atoms with E-state index in [4.69, 9.17) is 0 Å². The molecule has 5 heteroatoms. The van der Waals surface area contributed by atoms with Gasteiger partial charge in [0.05, 0.1) is 0 Å². The van der Waals surface area contributed by atoms with Gasteiger partial charge in [0, 0.05) is 0 Å². The quantitative estimate of drug-likeness (QED) is 0.509. The van der Waals surface area contributed by atoms with E-state index in [1.54, 1.807) is 0 Å². The van der Waals surface area contributed by atoms with Crippen molar-refractivity contribution < 1.29 is 76.6 Å². The molecule has 1 nitrogen and oxygen atoms in total. The Morgan fingerprint density at radius 1 is 0.800 bits per heavy atom. The minimum absolute atomic E-state index is 0. The van der Waals surface area contributed by atoms with Gasteiger partial charge >= 0.3 is 71.1 Å². The van der Waals surface area contributed by atoms with E-state index in [1.807, 2.05) is 0 Å². The molecule has 0 unspecified atom stereocenters. The Morgan fingerprint density at radius 2 is 0.800 bits per heavy atom. The molecule has 30 valence electrons. The first-order valence-corrected chi connectivity index (χ1v) is 0. The molecule has 0 aromatic heterocycles. The normalized spacial score (nSPS) is 0. The minimum Gasteiger partial charge on any atom is -0.412 e. The van der Waals surface area contributed by atoms with Gasteiger partial charge in [-0.1, -0.05) is 0 Å². The van der Waals surface area contributed by atoms with Crippen molar-refractivity contribution in [3.8, 4) is 0 Å². The first kappa shape index (κ1) is 61.8. The van der Waals surface area contributed by atoms with Gasteiger partial charge in [0.15, 0.2) is 0 Å². The average Bonchev–Trinajstić information content (AvgIpc) is 0. The summed E-state index contributed by atoms with van der Waals surface area (Å²) in [6.45, 7) is 0. The SMILES string of the molecule is O.[Fe+2].[Fe+2].[Fe+3].[Fe+3].[H+].[H+]. The molecular weight excluding hydrogens is 239 g/mol. The first-order valence-electron chi connectivity index (χ1n) is 0. The van der Waals surface area contributed by atoms with Crippen LogP contribution < -0.4 is 0 Å². The summed E-state index contributed by atoms with van der Waals surface area (Å²) in [5.74, 6) is 0. The van der Waals surface area contributed by atoms with Crippen LogP contribution in [0.1, 0.15) is 2.85 Å². The maximum Gasteiger partial charge on any atom is 3.00 e. The molecule has 2 N–H and O–H groups in total. The van der Waals surface area contributed by atoms with Gasteiger partial charge in [0.2, 0.25) is 0 Å². The molecule has 0 bridgehead atoms. The number of rotatable bonds is 0. The second-order valence-electron chi connectivity index (χ2n) is 0. The molecule has 2 radical (unpaired) electrons. The molecule has 0 fully saturated rings. The Labute approximate surface area is 76.2 Å². The summed E-state index contributed by atoms with van der Waals surface area (Å²) < 4.78 is 0. The van der Waals surface area contributed by atoms with Crippen molar-refractivity contribution in [2.75, 3.05) is 0 Å². The third-order valence-electron chi connectivity index (χ3n) is 0. The van der Waals surface area contributed by atoms with Gasteiger partial charge in [-0.05, 0) is 0 Å². The van der Waals surface area contributed by atoms with Crippen LogP contribution in [0.25, 0.3) is 0 Å². The van der Waals surface area contributed by atoms with Crippen LogP contribution in [-0.2, 0) is 68.3 Å². The van der Waals surface area contributed by atoms with E-state index in [2.05, 4.69) is 0 Å². The van der Waals surface area contributed by atoms with Crippen molar-refractivity contribution in [2.24, 2.45) is 0 Å². The van der Waals surface area contributed by atoms with Crippen LogP contribution in [0.15, 0.2) is 0 Å². The second-order valence-corrected chi connectivity index (χ2v) is 0. The molecule has 0 aromatic carbocycles. The first-order chi connectivity index (χ1) is 0. The fourth-order valence-electron chi connectivity index (χ4n) is 0. The standard InChI is InChI=1S/4Fe.H2O/h;;;;1H2/q2*+2;2*+3;/p+2. The third kappa shape index (κ3) is 23.7. The summed E-state index contributed by atoms with van der Waals surface area (Å²) in [4.78, 5) is 0. The van der Waals surface area contributed by atoms with E-state index in [-0.39, 0.29) is 76.6 Å². The third-order valence-corrected chi connectivity index (χ3v) is 0. The van der Waals surface area contributed by atoms with Crippen molar-refractivity contribution in [3.05, 3.63) is 0 Å². The topological polar surface area (TPSA) is 31.5 Å². The summed E-state index contributed by atoms with van der Waals surface area (Å²) >= 11 is 0. The fraction of sp³-hybridized carbons (Fsp3) is 0. The molecule has 0 spiro atoms. The van der Waals surface area contributed by atoms with Crippen LogP contribution in [0.2, 0.25) is 0 Å². The van der Waals surface area contributed by atoms with Crippen LogP contribution in [0.3, 0.4) is 0 Å². The van der Waals surface area contributed by atoms with Gasteiger partial charge in [-0.25, -0.2) is 0 Å². The monoisotopic (exact) mass is 244 g/mol. The fourth-order valence-corrected chi connectivity index (χ4v) is 0. The molecule has 0 atom stereocenters. The summed E-state index contributed by atoms with van der Waals surface area (Å²) in [7, 11) is 0. The zero-order chi connectivity index (χ0) is 0. The Kier molecular flexibility index (Phi) is 456. The molecule has 0 rings (SSSR count). The van der Waals surface area contributed by atoms with Gasteiger partial charge in [-0.15, -0.1) is 0 Å². The van der Waals surface area contributed by atoms with Crippen LogP contribution >= 0.6 is 0 Å². The summed E-state index contributed by atoms with van der Waals surface area (Å²) in [6.07, 6.45) is 0. The summed E-state index contributed by atoms with van der Waals surface area (Å²) in [5, 5.41) is 0. The maximum absolute atomic E-state index is 0. The van der Waals surface area contributed by atoms with Gasteiger partial charge in [-0.2, -0.15) is 0 Å². The van der Waals surface area contributed by atoms with E-state index in [0.29, 0.717) is 0 Å². The molecular formula is H4Fe4O+12. The largest absolute Gasteiger partial charge is 3.00 e. The Balaban J connectivity index is 0. The van der Waals surface area contributed by atoms with Crippen molar-refractivity contribution in [1.82, 2.24) is 0 Å². The van der Waals surface area contributed by atoms with E-state index in [0.717, 1.165) is 0 Å². The minimum atomic E-state index is 0. The van der Waals surface area contributed by atoms with Crippen molar-refractivity contribution in [3.63, 3.8) is 0 Å². The van der Waals surface area contributed by atoms with Gasteiger partial charge in [0.25, 0.3) is 0 Å².